The normalized spacial score (nSPS) is 42.5. The van der Waals surface area contributed by atoms with Gasteiger partial charge in [0.2, 0.25) is 0 Å². The van der Waals surface area contributed by atoms with E-state index in [4.69, 9.17) is 66.3 Å². The first-order chi connectivity index (χ1) is 20.7. The fourth-order valence-corrected chi connectivity index (χ4v) is 6.61. The number of hydrogen-bond donors (Lipinski definition) is 0. The van der Waals surface area contributed by atoms with Crippen molar-refractivity contribution >= 4 is 0 Å². The van der Waals surface area contributed by atoms with Crippen LogP contribution in [0.2, 0.25) is 0 Å². The monoisotopic (exact) mass is 634 g/mol. The Morgan fingerprint density at radius 1 is 0.364 bits per heavy atom. The summed E-state index contributed by atoms with van der Waals surface area (Å²) >= 11 is 0. The van der Waals surface area contributed by atoms with Gasteiger partial charge in [-0.3, -0.25) is 0 Å². The maximum Gasteiger partial charge on any atom is 0.190 e. The van der Waals surface area contributed by atoms with Crippen LogP contribution in [0.1, 0.15) is 55.4 Å². The Labute approximate surface area is 259 Å². The standard InChI is InChI=1S/C30H50O14/c1-27(2)37-19-17(35-25-23(21(19)39-27)41-29(5,6)43-25)15-33-13-11-31-9-10-32-12-14-34-16-18-20-22(40-28(3,4)38-20)24-26(36-18)44-30(7,8)42-24/h17-26H,9-16H2,1-8H3/t17-,18-,19+,20+,21+,22+,23-,24-,25-,26-/m1/s1. The van der Waals surface area contributed by atoms with Crippen molar-refractivity contribution in [1.29, 1.82) is 0 Å². The van der Waals surface area contributed by atoms with Crippen molar-refractivity contribution in [2.45, 2.75) is 140 Å². The third-order valence-electron chi connectivity index (χ3n) is 8.18. The van der Waals surface area contributed by atoms with Crippen LogP contribution in [-0.2, 0) is 66.3 Å². The molecule has 6 aliphatic heterocycles. The summed E-state index contributed by atoms with van der Waals surface area (Å²) in [6, 6.07) is 0. The first-order valence-electron chi connectivity index (χ1n) is 15.8. The van der Waals surface area contributed by atoms with Crippen molar-refractivity contribution in [2.75, 3.05) is 52.9 Å². The van der Waals surface area contributed by atoms with Gasteiger partial charge in [0.25, 0.3) is 0 Å². The van der Waals surface area contributed by atoms with E-state index in [9.17, 15) is 0 Å². The second kappa shape index (κ2) is 12.8. The summed E-state index contributed by atoms with van der Waals surface area (Å²) in [6.45, 7) is 18.2. The van der Waals surface area contributed by atoms with Crippen molar-refractivity contribution in [3.8, 4) is 0 Å². The molecule has 44 heavy (non-hydrogen) atoms. The Morgan fingerprint density at radius 3 is 1.05 bits per heavy atom. The van der Waals surface area contributed by atoms with Gasteiger partial charge < -0.3 is 66.3 Å². The van der Waals surface area contributed by atoms with Crippen LogP contribution in [0, 0.1) is 0 Å². The van der Waals surface area contributed by atoms with E-state index in [1.165, 1.54) is 0 Å². The first kappa shape index (κ1) is 33.3. The summed E-state index contributed by atoms with van der Waals surface area (Å²) in [7, 11) is 0. The van der Waals surface area contributed by atoms with Crippen LogP contribution in [-0.4, -0.2) is 137 Å². The number of hydrogen-bond acceptors (Lipinski definition) is 14. The molecule has 0 aromatic heterocycles. The van der Waals surface area contributed by atoms with Crippen molar-refractivity contribution < 1.29 is 66.3 Å². The van der Waals surface area contributed by atoms with Gasteiger partial charge in [0.1, 0.15) is 48.8 Å². The maximum absolute atomic E-state index is 6.16. The van der Waals surface area contributed by atoms with E-state index in [0.717, 1.165) is 0 Å². The molecule has 6 heterocycles. The molecule has 0 saturated carbocycles. The number of fused-ring (bicyclic) bond motifs is 6. The van der Waals surface area contributed by atoms with Gasteiger partial charge in [0.15, 0.2) is 35.7 Å². The molecule has 6 fully saturated rings. The van der Waals surface area contributed by atoms with E-state index < -0.39 is 35.7 Å². The molecule has 6 saturated heterocycles. The highest BCUT2D eigenvalue weighted by Gasteiger charge is 2.62. The van der Waals surface area contributed by atoms with Crippen molar-refractivity contribution in [3.63, 3.8) is 0 Å². The molecule has 6 aliphatic rings. The minimum absolute atomic E-state index is 0.295. The summed E-state index contributed by atoms with van der Waals surface area (Å²) in [5, 5.41) is 0. The van der Waals surface area contributed by atoms with Crippen LogP contribution in [0.15, 0.2) is 0 Å². The van der Waals surface area contributed by atoms with Crippen LogP contribution >= 0.6 is 0 Å². The van der Waals surface area contributed by atoms with Crippen molar-refractivity contribution in [3.05, 3.63) is 0 Å². The zero-order chi connectivity index (χ0) is 31.3. The summed E-state index contributed by atoms with van der Waals surface area (Å²) in [4.78, 5) is 0. The Morgan fingerprint density at radius 2 is 0.659 bits per heavy atom. The predicted octanol–water partition coefficient (Wildman–Crippen LogP) is 1.85. The van der Waals surface area contributed by atoms with Crippen molar-refractivity contribution in [2.24, 2.45) is 0 Å². The summed E-state index contributed by atoms with van der Waals surface area (Å²) in [6.07, 6.45) is -3.68. The van der Waals surface area contributed by atoms with E-state index in [1.54, 1.807) is 0 Å². The van der Waals surface area contributed by atoms with Gasteiger partial charge in [-0.05, 0) is 55.4 Å². The Hall–Kier alpha value is -0.560. The highest BCUT2D eigenvalue weighted by Crippen LogP contribution is 2.45. The van der Waals surface area contributed by atoms with E-state index in [1.807, 2.05) is 55.4 Å². The van der Waals surface area contributed by atoms with Gasteiger partial charge in [-0.2, -0.15) is 0 Å². The van der Waals surface area contributed by atoms with E-state index in [2.05, 4.69) is 0 Å². The molecule has 14 heteroatoms. The van der Waals surface area contributed by atoms with Gasteiger partial charge in [-0.15, -0.1) is 0 Å². The first-order valence-corrected chi connectivity index (χ1v) is 15.8. The Bertz CT molecular complexity index is 897. The quantitative estimate of drug-likeness (QED) is 0.273. The molecule has 10 atom stereocenters. The molecule has 254 valence electrons. The molecule has 0 aliphatic carbocycles. The molecule has 0 spiro atoms. The second-order valence-electron chi connectivity index (χ2n) is 13.8. The van der Waals surface area contributed by atoms with E-state index in [0.29, 0.717) is 52.9 Å². The minimum Gasteiger partial charge on any atom is -0.377 e. The summed E-state index contributed by atoms with van der Waals surface area (Å²) < 4.78 is 83.8. The van der Waals surface area contributed by atoms with Crippen LogP contribution in [0.25, 0.3) is 0 Å². The molecule has 0 radical (unpaired) electrons. The Balaban J connectivity index is 0.822. The molecule has 14 nitrogen and oxygen atoms in total. The fraction of sp³-hybridized carbons (Fsp3) is 1.00. The van der Waals surface area contributed by atoms with Crippen LogP contribution < -0.4 is 0 Å². The lowest BCUT2D eigenvalue weighted by molar-refractivity contribution is -0.243. The van der Waals surface area contributed by atoms with Gasteiger partial charge in [-0.25, -0.2) is 0 Å². The van der Waals surface area contributed by atoms with Gasteiger partial charge in [0, 0.05) is 0 Å². The number of ether oxygens (including phenoxy) is 14. The maximum atomic E-state index is 6.16. The third-order valence-corrected chi connectivity index (χ3v) is 8.18. The van der Waals surface area contributed by atoms with Crippen LogP contribution in [0.3, 0.4) is 0 Å². The SMILES string of the molecule is CC1(C)O[C@H]2[C@@H](O1)[C@@H](COCCOCCOCCOC[C@H]1O[C@@H]3OC(C)(C)O[C@@H]3[C@H]3OC(C)(C)O[C@H]31)O[C@@H]1OC(C)(C)O[C@@H]12. The second-order valence-corrected chi connectivity index (χ2v) is 13.8. The summed E-state index contributed by atoms with van der Waals surface area (Å²) in [5.41, 5.74) is 0. The lowest BCUT2D eigenvalue weighted by Crippen LogP contribution is -2.56. The largest absolute Gasteiger partial charge is 0.377 e. The molecule has 6 rings (SSSR count). The molecule has 0 aromatic carbocycles. The molecule has 0 amide bonds. The average molecular weight is 635 g/mol. The molecule has 0 unspecified atom stereocenters. The lowest BCUT2D eigenvalue weighted by Gasteiger charge is -2.37. The van der Waals surface area contributed by atoms with Gasteiger partial charge in [0.05, 0.1) is 52.9 Å². The lowest BCUT2D eigenvalue weighted by atomic mass is 9.99. The van der Waals surface area contributed by atoms with E-state index >= 15 is 0 Å². The molecule has 0 bridgehead atoms. The zero-order valence-corrected chi connectivity index (χ0v) is 27.1. The summed E-state index contributed by atoms with van der Waals surface area (Å²) in [5.74, 6) is -2.97. The predicted molar refractivity (Wildman–Crippen MR) is 148 cm³/mol. The molecular weight excluding hydrogens is 584 g/mol. The topological polar surface area (TPSA) is 129 Å². The average Bonchev–Trinajstić information content (AvgIpc) is 3.61. The number of rotatable bonds is 13. The van der Waals surface area contributed by atoms with E-state index in [-0.39, 0.29) is 48.8 Å². The molecule has 0 N–H and O–H groups in total. The highest BCUT2D eigenvalue weighted by molar-refractivity contribution is 5.01. The highest BCUT2D eigenvalue weighted by atomic mass is 16.9. The zero-order valence-electron chi connectivity index (χ0n) is 27.1. The fourth-order valence-electron chi connectivity index (χ4n) is 6.61. The van der Waals surface area contributed by atoms with Crippen LogP contribution in [0.4, 0.5) is 0 Å². The minimum atomic E-state index is -0.749. The van der Waals surface area contributed by atoms with Crippen LogP contribution in [0.5, 0.6) is 0 Å². The smallest absolute Gasteiger partial charge is 0.190 e. The third kappa shape index (κ3) is 7.60. The molecule has 0 aromatic rings. The van der Waals surface area contributed by atoms with Gasteiger partial charge in [-0.1, -0.05) is 0 Å². The Kier molecular flexibility index (Phi) is 9.70. The molecular formula is C30H50O14. The van der Waals surface area contributed by atoms with Gasteiger partial charge >= 0.3 is 0 Å². The van der Waals surface area contributed by atoms with Crippen molar-refractivity contribution in [1.82, 2.24) is 0 Å².